The molecule has 10 nitrogen and oxygen atoms in total. The molecule has 0 spiro atoms. The van der Waals surface area contributed by atoms with Crippen LogP contribution >= 0.6 is 0 Å². The van der Waals surface area contributed by atoms with Crippen LogP contribution in [0.1, 0.15) is 72.1 Å². The number of rotatable bonds is 16. The molecule has 0 unspecified atom stereocenters. The zero-order valence-electron chi connectivity index (χ0n) is 65.0. The summed E-state index contributed by atoms with van der Waals surface area (Å²) in [4.78, 5) is 46.9. The molecule has 0 saturated carbocycles. The van der Waals surface area contributed by atoms with Gasteiger partial charge in [-0.3, -0.25) is 9.59 Å². The van der Waals surface area contributed by atoms with Gasteiger partial charge in [-0.25, -0.2) is 196 Å². The molecule has 0 aliphatic carbocycles. The number of hydrogen-bond acceptors (Lipinski definition) is 6. The van der Waals surface area contributed by atoms with E-state index in [4.69, 9.17) is 0 Å². The Kier molecular flexibility index (Phi) is 23.8. The molecule has 8 aromatic carbocycles. The molecule has 16 rings (SSSR count). The number of carbonyl (C=O) groups is 2. The number of carbonyl (C=O) groups excluding carboxylic acids is 2. The zero-order valence-corrected chi connectivity index (χ0v) is 65.0. The first-order chi connectivity index (χ1) is 65.0. The van der Waals surface area contributed by atoms with Gasteiger partial charge in [-0.15, -0.1) is 0 Å². The maximum absolute atomic E-state index is 16.9. The third kappa shape index (κ3) is 14.6. The highest BCUT2D eigenvalue weighted by atomic mass is 19.2. The van der Waals surface area contributed by atoms with Crippen molar-refractivity contribution in [3.8, 4) is 0 Å². The summed E-state index contributed by atoms with van der Waals surface area (Å²) in [5, 5.41) is -1.08. The second-order valence-corrected chi connectivity index (χ2v) is 28.5. The number of aromatic amines is 3. The Bertz CT molecular complexity index is 7850. The van der Waals surface area contributed by atoms with Gasteiger partial charge in [0.1, 0.15) is 11.3 Å². The Balaban J connectivity index is 0.952. The van der Waals surface area contributed by atoms with Crippen molar-refractivity contribution in [3.63, 3.8) is 0 Å². The number of halogens is 40. The third-order valence-electron chi connectivity index (χ3n) is 20.8. The minimum absolute atomic E-state index is 0.195. The molecular formula is C88H20F40N8O2. The standard InChI is InChI=1S/C88H20F40N8O2/c89-48-40(49(90)65(106)80(121)64(48)105)33(18-3-4-20(130-18)35(42-52(93)68(109)82(123)69(110)53(42)94)22-7-8-24(132-22)37(44-56(97)72(113)84(125)73(114)57(44)98)26-11-12-28(134-26)39(30-15-16-32(137)136-30)46-60(101)76(117)86(127)77(118)61(46)102)17-1-2-19(129-17)34(41-50(91)66(107)81(122)67(108)51(41)92)21-5-6-23(131-21)36(43-54(95)70(111)83(124)71(112)55(43)96)25-9-10-27(133-25)38(45-58(99)74(115)85(126)75(116)59(45)100)29-13-14-31(135-29)88(138)47-62(103)78(119)87(128)79(120)63(47)104/h1-16,129,132-133H,(H,136,137)/b33-17+,34-19-,35-20-,36-23-,37-26-,38-29+,39-30+. The molecule has 8 heterocycles. The summed E-state index contributed by atoms with van der Waals surface area (Å²) in [5.41, 5.74) is -48.4. The molecule has 0 saturated heterocycles. The molecule has 3 aromatic heterocycles. The van der Waals surface area contributed by atoms with Crippen LogP contribution in [0.25, 0.3) is 39.0 Å². The number of H-pyrrole nitrogens is 3. The third-order valence-corrected chi connectivity index (χ3v) is 20.8. The van der Waals surface area contributed by atoms with E-state index in [1.165, 1.54) is 0 Å². The second kappa shape index (κ2) is 34.6. The number of hydrogen-bond donors (Lipinski definition) is 4. The quantitative estimate of drug-likeness (QED) is 0.0331. The molecule has 1 amide bonds. The number of allylic oxidation sites excluding steroid dienone is 10. The summed E-state index contributed by atoms with van der Waals surface area (Å²) < 4.78 is 627. The Labute approximate surface area is 733 Å². The SMILES string of the molecule is O=C1C=C/C(=C(C2=N/C(=C(/c3ccc(/C(=C4\C=CC(C(/c5c(F)c(F)c(F)c(F)c5F)=c5/cc/c(=C(C6=N/C(=C(/c7ccc(/C(=C8/C=CC(C(=O)c9c(F)c(F)c(F)c(F)c9F)=N8)c8c(F)c(F)c(F)c(F)c8F)[nH]7)c7c(F)c(F)c(F)c(F)c7F)C=C6)/c6c(F)c(F)c(F)c(F)c6F)[nH]5)=N4)c4c(F)c(F)c(F)c(F)c4F)[nH]3)c3c(F)c(F)c(F)c(F)c3F)C=C2)\c2c(F)c(F)c(F)c(F)c2F)N1. The van der Waals surface area contributed by atoms with Crippen LogP contribution in [-0.4, -0.2) is 49.5 Å². The molecule has 5 aliphatic rings. The van der Waals surface area contributed by atoms with Crippen molar-refractivity contribution in [3.05, 3.63) is 436 Å². The highest BCUT2D eigenvalue weighted by Gasteiger charge is 2.43. The maximum Gasteiger partial charge on any atom is 0.248 e. The second-order valence-electron chi connectivity index (χ2n) is 28.5. The first-order valence-corrected chi connectivity index (χ1v) is 36.8. The first-order valence-electron chi connectivity index (χ1n) is 36.8. The molecule has 4 N–H and O–H groups in total. The highest BCUT2D eigenvalue weighted by Crippen LogP contribution is 2.47. The van der Waals surface area contributed by atoms with Crippen molar-refractivity contribution in [2.24, 2.45) is 20.0 Å². The van der Waals surface area contributed by atoms with Crippen molar-refractivity contribution in [2.75, 3.05) is 0 Å². The van der Waals surface area contributed by atoms with Crippen molar-refractivity contribution >= 4 is 73.5 Å². The lowest BCUT2D eigenvalue weighted by Crippen LogP contribution is -2.24. The summed E-state index contributed by atoms with van der Waals surface area (Å²) in [6.45, 7) is 0. The largest absolute Gasteiger partial charge is 0.354 e. The van der Waals surface area contributed by atoms with E-state index in [9.17, 15) is 44.7 Å². The lowest BCUT2D eigenvalue weighted by atomic mass is 9.97. The molecule has 5 aliphatic heterocycles. The van der Waals surface area contributed by atoms with Crippen LogP contribution in [0.3, 0.4) is 0 Å². The Morgan fingerprint density at radius 2 is 0.362 bits per heavy atom. The fourth-order valence-corrected chi connectivity index (χ4v) is 14.6. The fraction of sp³-hybridized carbons (Fsp3) is 0. The molecule has 704 valence electrons. The predicted octanol–water partition coefficient (Wildman–Crippen LogP) is 22.1. The molecule has 0 radical (unpaired) electrons. The number of Topliss-reactive ketones (excluding diaryl/α,β-unsaturated/α-hetero) is 1. The van der Waals surface area contributed by atoms with Gasteiger partial charge in [0.25, 0.3) is 0 Å². The van der Waals surface area contributed by atoms with Gasteiger partial charge in [-0.2, -0.15) is 0 Å². The normalized spacial score (nSPS) is 16.3. The van der Waals surface area contributed by atoms with E-state index in [1.807, 2.05) is 20.3 Å². The van der Waals surface area contributed by atoms with Crippen molar-refractivity contribution in [1.29, 1.82) is 0 Å². The average Bonchev–Trinajstić information content (AvgIpc) is 1.60. The van der Waals surface area contributed by atoms with Crippen LogP contribution in [0.4, 0.5) is 176 Å². The number of nitrogens with zero attached hydrogens (tertiary/aromatic N) is 4. The van der Waals surface area contributed by atoms with Gasteiger partial charge in [0.15, 0.2) is 186 Å². The molecular weight excluding hydrogens is 1960 g/mol. The van der Waals surface area contributed by atoms with Gasteiger partial charge in [0.2, 0.25) is 58.2 Å². The Morgan fingerprint density at radius 3 is 0.580 bits per heavy atom. The summed E-state index contributed by atoms with van der Waals surface area (Å²) >= 11 is 0. The van der Waals surface area contributed by atoms with Gasteiger partial charge in [0, 0.05) is 78.6 Å². The zero-order chi connectivity index (χ0) is 101. The molecule has 0 atom stereocenters. The number of nitrogens with one attached hydrogen (secondary N) is 4. The summed E-state index contributed by atoms with van der Waals surface area (Å²) in [5.74, 6) is -121. The van der Waals surface area contributed by atoms with Crippen molar-refractivity contribution in [1.82, 2.24) is 20.3 Å². The summed E-state index contributed by atoms with van der Waals surface area (Å²) in [6.07, 6.45) is 3.26. The van der Waals surface area contributed by atoms with E-state index in [1.54, 1.807) is 0 Å². The van der Waals surface area contributed by atoms with Gasteiger partial charge in [0.05, 0.1) is 84.6 Å². The smallest absolute Gasteiger partial charge is 0.248 e. The fourth-order valence-electron chi connectivity index (χ4n) is 14.6. The first kappa shape index (κ1) is 94.9. The van der Waals surface area contributed by atoms with Crippen molar-refractivity contribution in [2.45, 2.75) is 0 Å². The van der Waals surface area contributed by atoms with Gasteiger partial charge >= 0.3 is 0 Å². The highest BCUT2D eigenvalue weighted by molar-refractivity contribution is 6.51. The molecule has 0 bridgehead atoms. The van der Waals surface area contributed by atoms with E-state index in [0.717, 1.165) is 0 Å². The van der Waals surface area contributed by atoms with Crippen LogP contribution in [0.2, 0.25) is 0 Å². The average molecular weight is 1980 g/mol. The number of aromatic nitrogens is 3. The molecule has 138 heavy (non-hydrogen) atoms. The number of aliphatic imine (C=N–C) groups is 4. The molecule has 11 aromatic rings. The topological polar surface area (TPSA) is 143 Å². The van der Waals surface area contributed by atoms with E-state index >= 15 is 140 Å². The van der Waals surface area contributed by atoms with E-state index < -0.39 is 413 Å². The summed E-state index contributed by atoms with van der Waals surface area (Å²) in [7, 11) is 0. The van der Waals surface area contributed by atoms with Gasteiger partial charge in [-0.05, 0) is 91.1 Å². The van der Waals surface area contributed by atoms with E-state index in [-0.39, 0.29) is 60.7 Å². The lowest BCUT2D eigenvalue weighted by Gasteiger charge is -2.15. The number of amides is 1. The Morgan fingerprint density at radius 1 is 0.181 bits per heavy atom. The summed E-state index contributed by atoms with van der Waals surface area (Å²) in [6, 6.07) is 1.58. The predicted molar refractivity (Wildman–Crippen MR) is 395 cm³/mol. The van der Waals surface area contributed by atoms with Gasteiger partial charge < -0.3 is 20.3 Å². The minimum Gasteiger partial charge on any atom is -0.354 e. The van der Waals surface area contributed by atoms with Crippen molar-refractivity contribution < 1.29 is 185 Å². The maximum atomic E-state index is 16.9. The van der Waals surface area contributed by atoms with Gasteiger partial charge in [-0.1, -0.05) is 0 Å². The van der Waals surface area contributed by atoms with Crippen LogP contribution in [0, 0.1) is 233 Å². The molecule has 0 fully saturated rings. The molecule has 50 heteroatoms. The minimum atomic E-state index is -3.09. The lowest BCUT2D eigenvalue weighted by molar-refractivity contribution is -0.115. The monoisotopic (exact) mass is 1980 g/mol. The Hall–Kier alpha value is -16.2. The van der Waals surface area contributed by atoms with E-state index in [0.29, 0.717) is 36.4 Å². The van der Waals surface area contributed by atoms with Crippen LogP contribution in [0.15, 0.2) is 146 Å². The van der Waals surface area contributed by atoms with Crippen LogP contribution in [0.5, 0.6) is 0 Å². The number of benzene rings is 8. The number of ketones is 1. The van der Waals surface area contributed by atoms with E-state index in [2.05, 4.69) is 20.0 Å². The van der Waals surface area contributed by atoms with Crippen LogP contribution in [-0.2, 0) is 4.79 Å². The van der Waals surface area contributed by atoms with Crippen LogP contribution < -0.4 is 16.0 Å².